The number of ketones is 1. The molecule has 0 unspecified atom stereocenters. The van der Waals surface area contributed by atoms with Crippen molar-refractivity contribution >= 4 is 17.1 Å². The molecule has 1 aliphatic carbocycles. The van der Waals surface area contributed by atoms with Gasteiger partial charge in [0.2, 0.25) is 5.78 Å². The molecule has 0 saturated carbocycles. The van der Waals surface area contributed by atoms with E-state index in [4.69, 9.17) is 0 Å². The fourth-order valence-electron chi connectivity index (χ4n) is 4.10. The first-order valence-corrected chi connectivity index (χ1v) is 11.4. The van der Waals surface area contributed by atoms with Crippen molar-refractivity contribution in [2.24, 2.45) is 0 Å². The average molecular weight is 421 g/mol. The van der Waals surface area contributed by atoms with E-state index >= 15 is 0 Å². The van der Waals surface area contributed by atoms with Crippen molar-refractivity contribution in [1.29, 1.82) is 0 Å². The van der Waals surface area contributed by atoms with Crippen molar-refractivity contribution in [1.82, 2.24) is 9.80 Å². The summed E-state index contributed by atoms with van der Waals surface area (Å²) in [6.45, 7) is 5.40. The van der Waals surface area contributed by atoms with Crippen molar-refractivity contribution in [3.63, 3.8) is 0 Å². The molecule has 156 valence electrons. The van der Waals surface area contributed by atoms with Gasteiger partial charge in [0, 0.05) is 30.1 Å². The normalized spacial score (nSPS) is 24.0. The van der Waals surface area contributed by atoms with E-state index in [9.17, 15) is 9.90 Å². The minimum atomic E-state index is -0.258. The lowest BCUT2D eigenvalue weighted by Crippen LogP contribution is -2.27. The number of aliphatic hydroxyl groups excluding tert-OH is 1. The second-order valence-electron chi connectivity index (χ2n) is 7.89. The van der Waals surface area contributed by atoms with Crippen LogP contribution in [0.15, 0.2) is 82.6 Å². The van der Waals surface area contributed by atoms with Crippen LogP contribution < -0.4 is 0 Å². The monoisotopic (exact) mass is 420 g/mol. The number of Topliss-reactive ketones (excluding diaryl/α,β-unsaturated/α-hetero) is 1. The zero-order chi connectivity index (χ0) is 20.9. The second kappa shape index (κ2) is 9.45. The summed E-state index contributed by atoms with van der Waals surface area (Å²) in [5.74, 6) is -0.342. The maximum atomic E-state index is 13.2. The van der Waals surface area contributed by atoms with E-state index in [1.807, 2.05) is 31.2 Å². The van der Waals surface area contributed by atoms with Gasteiger partial charge >= 0.3 is 0 Å². The molecule has 1 aromatic heterocycles. The predicted molar refractivity (Wildman–Crippen MR) is 122 cm³/mol. The van der Waals surface area contributed by atoms with Crippen molar-refractivity contribution < 1.29 is 9.90 Å². The van der Waals surface area contributed by atoms with Gasteiger partial charge in [-0.25, -0.2) is 0 Å². The Hall–Kier alpha value is -2.63. The number of nitrogens with zero attached hydrogens (tertiary/aromatic N) is 2. The van der Waals surface area contributed by atoms with Crippen LogP contribution >= 0.6 is 11.3 Å². The lowest BCUT2D eigenvalue weighted by atomic mass is 9.94. The van der Waals surface area contributed by atoms with Gasteiger partial charge in [-0.3, -0.25) is 9.69 Å². The van der Waals surface area contributed by atoms with Crippen LogP contribution in [0.3, 0.4) is 0 Å². The molecule has 0 bridgehead atoms. The van der Waals surface area contributed by atoms with Gasteiger partial charge in [-0.2, -0.15) is 0 Å². The fourth-order valence-corrected chi connectivity index (χ4v) is 4.85. The molecular formula is C25H28N2O2S. The number of hydrogen-bond acceptors (Lipinski definition) is 5. The van der Waals surface area contributed by atoms with E-state index in [-0.39, 0.29) is 11.5 Å². The standard InChI is InChI=1S/C25H28N2O2S/c1-19-7-5-11-23(27-15-14-26(18-27)17-21-10-6-16-30-21)25(29)24(28)22(19)13-12-20-8-3-2-4-9-20/h2-4,6-10,13,16,29H,5,11-12,14-15,17-18H2,1H3/b19-7+,22-13+,25-23-. The molecule has 4 nitrogen and oxygen atoms in total. The van der Waals surface area contributed by atoms with Crippen LogP contribution in [-0.2, 0) is 17.8 Å². The summed E-state index contributed by atoms with van der Waals surface area (Å²) < 4.78 is 0. The smallest absolute Gasteiger partial charge is 0.229 e. The number of allylic oxidation sites excluding steroid dienone is 5. The lowest BCUT2D eigenvalue weighted by Gasteiger charge is -2.25. The highest BCUT2D eigenvalue weighted by molar-refractivity contribution is 7.09. The molecule has 1 saturated heterocycles. The van der Waals surface area contributed by atoms with Gasteiger partial charge in [0.1, 0.15) is 0 Å². The van der Waals surface area contributed by atoms with Crippen LogP contribution in [0.2, 0.25) is 0 Å². The van der Waals surface area contributed by atoms with Crippen molar-refractivity contribution in [3.05, 3.63) is 93.0 Å². The molecule has 5 heteroatoms. The summed E-state index contributed by atoms with van der Waals surface area (Å²) in [5.41, 5.74) is 3.49. The Kier molecular flexibility index (Phi) is 6.50. The minimum Gasteiger partial charge on any atom is -0.503 e. The molecule has 30 heavy (non-hydrogen) atoms. The molecule has 1 N–H and O–H groups in total. The van der Waals surface area contributed by atoms with Crippen molar-refractivity contribution in [2.45, 2.75) is 32.7 Å². The SMILES string of the molecule is C/C1=C\CC/C(N2CCN(Cc3cccs3)C2)=C(/O)C(=O)\C1=C\Cc1ccccc1. The predicted octanol–water partition coefficient (Wildman–Crippen LogP) is 5.07. The molecular weight excluding hydrogens is 392 g/mol. The highest BCUT2D eigenvalue weighted by atomic mass is 32.1. The lowest BCUT2D eigenvalue weighted by molar-refractivity contribution is -0.114. The first kappa shape index (κ1) is 20.6. The molecule has 1 fully saturated rings. The summed E-state index contributed by atoms with van der Waals surface area (Å²) in [5, 5.41) is 13.0. The molecule has 0 amide bonds. The molecule has 4 rings (SSSR count). The van der Waals surface area contributed by atoms with Gasteiger partial charge < -0.3 is 10.0 Å². The van der Waals surface area contributed by atoms with E-state index in [1.54, 1.807) is 11.3 Å². The third kappa shape index (κ3) is 4.74. The number of hydrogen-bond donors (Lipinski definition) is 1. The third-order valence-corrected chi connectivity index (χ3v) is 6.63. The largest absolute Gasteiger partial charge is 0.503 e. The Bertz CT molecular complexity index is 974. The first-order valence-electron chi connectivity index (χ1n) is 10.5. The van der Waals surface area contributed by atoms with Crippen LogP contribution in [0.25, 0.3) is 0 Å². The zero-order valence-corrected chi connectivity index (χ0v) is 18.2. The van der Waals surface area contributed by atoms with Crippen molar-refractivity contribution in [3.8, 4) is 0 Å². The number of thiophene rings is 1. The van der Waals surface area contributed by atoms with E-state index < -0.39 is 0 Å². The number of carbonyl (C=O) groups excluding carboxylic acids is 1. The Labute approximate surface area is 182 Å². The molecule has 2 aliphatic rings. The molecule has 2 heterocycles. The second-order valence-corrected chi connectivity index (χ2v) is 8.93. The summed E-state index contributed by atoms with van der Waals surface area (Å²) in [6.07, 6.45) is 6.26. The van der Waals surface area contributed by atoms with Crippen LogP contribution in [0.5, 0.6) is 0 Å². The Morgan fingerprint density at radius 2 is 1.97 bits per heavy atom. The Morgan fingerprint density at radius 3 is 2.73 bits per heavy atom. The van der Waals surface area contributed by atoms with Gasteiger partial charge in [0.05, 0.1) is 12.4 Å². The fraction of sp³-hybridized carbons (Fsp3) is 0.320. The molecule has 1 aromatic carbocycles. The summed E-state index contributed by atoms with van der Waals surface area (Å²) in [7, 11) is 0. The van der Waals surface area contributed by atoms with Gasteiger partial charge in [0.25, 0.3) is 0 Å². The highest BCUT2D eigenvalue weighted by Gasteiger charge is 2.28. The number of rotatable bonds is 5. The van der Waals surface area contributed by atoms with E-state index in [0.717, 1.165) is 49.6 Å². The molecule has 0 atom stereocenters. The molecule has 2 aromatic rings. The van der Waals surface area contributed by atoms with Crippen LogP contribution in [0.4, 0.5) is 0 Å². The van der Waals surface area contributed by atoms with Crippen LogP contribution in [0.1, 0.15) is 30.2 Å². The molecule has 0 radical (unpaired) electrons. The highest BCUT2D eigenvalue weighted by Crippen LogP contribution is 2.28. The maximum Gasteiger partial charge on any atom is 0.229 e. The summed E-state index contributed by atoms with van der Waals surface area (Å²) >= 11 is 1.77. The minimum absolute atomic E-state index is 0.0836. The Balaban J connectivity index is 1.51. The Morgan fingerprint density at radius 1 is 1.13 bits per heavy atom. The number of aliphatic hydroxyl groups is 1. The van der Waals surface area contributed by atoms with Gasteiger partial charge in [-0.05, 0) is 48.8 Å². The third-order valence-electron chi connectivity index (χ3n) is 5.77. The first-order chi connectivity index (χ1) is 14.6. The van der Waals surface area contributed by atoms with Gasteiger partial charge in [0.15, 0.2) is 5.76 Å². The summed E-state index contributed by atoms with van der Waals surface area (Å²) in [4.78, 5) is 19.1. The van der Waals surface area contributed by atoms with Crippen molar-refractivity contribution in [2.75, 3.05) is 19.8 Å². The summed E-state index contributed by atoms with van der Waals surface area (Å²) in [6, 6.07) is 14.3. The van der Waals surface area contributed by atoms with E-state index in [0.29, 0.717) is 18.4 Å². The number of benzene rings is 1. The topological polar surface area (TPSA) is 43.8 Å². The van der Waals surface area contributed by atoms with E-state index in [2.05, 4.69) is 45.5 Å². The molecule has 0 spiro atoms. The quantitative estimate of drug-likeness (QED) is 0.686. The molecule has 1 aliphatic heterocycles. The van der Waals surface area contributed by atoms with Crippen LogP contribution in [-0.4, -0.2) is 40.4 Å². The zero-order valence-electron chi connectivity index (χ0n) is 17.4. The maximum absolute atomic E-state index is 13.2. The van der Waals surface area contributed by atoms with Gasteiger partial charge in [-0.15, -0.1) is 11.3 Å². The van der Waals surface area contributed by atoms with Gasteiger partial charge in [-0.1, -0.05) is 48.6 Å². The van der Waals surface area contributed by atoms with E-state index in [1.165, 1.54) is 4.88 Å². The van der Waals surface area contributed by atoms with Crippen LogP contribution in [0, 0.1) is 0 Å². The number of carbonyl (C=O) groups is 1. The average Bonchev–Trinajstić information content (AvgIpc) is 3.43.